The number of aromatic nitrogens is 2. The largest absolute Gasteiger partial charge is 0.478 e. The van der Waals surface area contributed by atoms with Gasteiger partial charge in [-0.25, -0.2) is 4.79 Å². The predicted octanol–water partition coefficient (Wildman–Crippen LogP) is 3.86. The van der Waals surface area contributed by atoms with Gasteiger partial charge in [-0.3, -0.25) is 0 Å². The second kappa shape index (κ2) is 5.49. The lowest BCUT2D eigenvalue weighted by Gasteiger charge is -2.00. The van der Waals surface area contributed by atoms with Crippen LogP contribution in [0.4, 0.5) is 0 Å². The molecule has 104 valence electrons. The quantitative estimate of drug-likeness (QED) is 0.780. The summed E-state index contributed by atoms with van der Waals surface area (Å²) in [5, 5.41) is 17.1. The zero-order valence-electron chi connectivity index (χ0n) is 10.7. The lowest BCUT2D eigenvalue weighted by Crippen LogP contribution is -1.98. The lowest BCUT2D eigenvalue weighted by atomic mass is 10.1. The molecule has 1 heterocycles. The molecule has 2 aromatic carbocycles. The second-order valence-corrected chi connectivity index (χ2v) is 5.10. The van der Waals surface area contributed by atoms with Crippen molar-refractivity contribution in [2.75, 3.05) is 0 Å². The van der Waals surface area contributed by atoms with E-state index in [2.05, 4.69) is 26.1 Å². The van der Waals surface area contributed by atoms with Gasteiger partial charge < -0.3 is 9.52 Å². The molecular formula is C15H9BrN2O3. The molecule has 0 fully saturated rings. The molecule has 5 nitrogen and oxygen atoms in total. The zero-order chi connectivity index (χ0) is 14.8. The van der Waals surface area contributed by atoms with Crippen LogP contribution in [0.2, 0.25) is 0 Å². The molecule has 0 atom stereocenters. The third-order valence-electron chi connectivity index (χ3n) is 2.92. The van der Waals surface area contributed by atoms with Crippen molar-refractivity contribution in [1.29, 1.82) is 0 Å². The Morgan fingerprint density at radius 1 is 0.952 bits per heavy atom. The minimum atomic E-state index is -1.04. The Morgan fingerprint density at radius 2 is 1.52 bits per heavy atom. The zero-order valence-corrected chi connectivity index (χ0v) is 12.2. The standard InChI is InChI=1S/C15H9BrN2O3/c16-12-8-4-3-7-11(12)14-18-17-13(21-14)9-5-1-2-6-10(9)15(19)20/h1-8H,(H,19,20). The number of carbonyl (C=O) groups is 1. The highest BCUT2D eigenvalue weighted by Gasteiger charge is 2.17. The number of carboxylic acid groups (broad SMARTS) is 1. The van der Waals surface area contributed by atoms with Crippen LogP contribution in [-0.4, -0.2) is 21.3 Å². The van der Waals surface area contributed by atoms with Gasteiger partial charge in [-0.1, -0.05) is 24.3 Å². The van der Waals surface area contributed by atoms with Crippen molar-refractivity contribution in [2.45, 2.75) is 0 Å². The molecule has 0 aliphatic rings. The fourth-order valence-corrected chi connectivity index (χ4v) is 2.39. The van der Waals surface area contributed by atoms with Gasteiger partial charge in [0.05, 0.1) is 16.7 Å². The number of benzene rings is 2. The van der Waals surface area contributed by atoms with Crippen LogP contribution in [0, 0.1) is 0 Å². The Hall–Kier alpha value is -2.47. The third kappa shape index (κ3) is 2.57. The number of hydrogen-bond acceptors (Lipinski definition) is 4. The van der Waals surface area contributed by atoms with Gasteiger partial charge in [0.1, 0.15) is 0 Å². The van der Waals surface area contributed by atoms with E-state index in [-0.39, 0.29) is 11.5 Å². The van der Waals surface area contributed by atoms with E-state index in [0.717, 1.165) is 10.0 Å². The SMILES string of the molecule is O=C(O)c1ccccc1-c1nnc(-c2ccccc2Br)o1. The van der Waals surface area contributed by atoms with Gasteiger partial charge >= 0.3 is 5.97 Å². The third-order valence-corrected chi connectivity index (χ3v) is 3.61. The van der Waals surface area contributed by atoms with Crippen molar-refractivity contribution in [2.24, 2.45) is 0 Å². The maximum Gasteiger partial charge on any atom is 0.336 e. The smallest absolute Gasteiger partial charge is 0.336 e. The van der Waals surface area contributed by atoms with E-state index in [1.54, 1.807) is 18.2 Å². The summed E-state index contributed by atoms with van der Waals surface area (Å²) < 4.78 is 6.44. The molecule has 0 saturated heterocycles. The summed E-state index contributed by atoms with van der Waals surface area (Å²) in [4.78, 5) is 11.2. The fraction of sp³-hybridized carbons (Fsp3) is 0. The van der Waals surface area contributed by atoms with Crippen molar-refractivity contribution >= 4 is 21.9 Å². The van der Waals surface area contributed by atoms with E-state index >= 15 is 0 Å². The first-order valence-corrected chi connectivity index (χ1v) is 6.87. The van der Waals surface area contributed by atoms with Crippen LogP contribution in [-0.2, 0) is 0 Å². The normalized spacial score (nSPS) is 10.5. The van der Waals surface area contributed by atoms with Crippen LogP contribution in [0.1, 0.15) is 10.4 Å². The molecule has 3 rings (SSSR count). The maximum atomic E-state index is 11.2. The van der Waals surface area contributed by atoms with Gasteiger partial charge in [-0.05, 0) is 40.2 Å². The van der Waals surface area contributed by atoms with E-state index in [9.17, 15) is 9.90 Å². The minimum absolute atomic E-state index is 0.125. The molecule has 6 heteroatoms. The Kier molecular flexibility index (Phi) is 3.53. The average Bonchev–Trinajstić information content (AvgIpc) is 2.97. The molecule has 0 aliphatic heterocycles. The van der Waals surface area contributed by atoms with Crippen LogP contribution in [0.15, 0.2) is 57.4 Å². The van der Waals surface area contributed by atoms with Crippen molar-refractivity contribution < 1.29 is 14.3 Å². The van der Waals surface area contributed by atoms with Crippen LogP contribution < -0.4 is 0 Å². The summed E-state index contributed by atoms with van der Waals surface area (Å²) >= 11 is 3.41. The van der Waals surface area contributed by atoms with Crippen LogP contribution in [0.5, 0.6) is 0 Å². The van der Waals surface area contributed by atoms with Gasteiger partial charge in [0, 0.05) is 4.47 Å². The summed E-state index contributed by atoms with van der Waals surface area (Å²) in [6.07, 6.45) is 0. The molecule has 1 aromatic heterocycles. The first kappa shape index (κ1) is 13.5. The first-order valence-electron chi connectivity index (χ1n) is 6.08. The van der Waals surface area contributed by atoms with Gasteiger partial charge in [0.15, 0.2) is 0 Å². The number of aromatic carboxylic acids is 1. The number of nitrogens with zero attached hydrogens (tertiary/aromatic N) is 2. The summed E-state index contributed by atoms with van der Waals surface area (Å²) in [5.74, 6) is -0.525. The van der Waals surface area contributed by atoms with Crippen LogP contribution in [0.25, 0.3) is 22.9 Å². The molecule has 0 bridgehead atoms. The minimum Gasteiger partial charge on any atom is -0.478 e. The average molecular weight is 345 g/mol. The highest BCUT2D eigenvalue weighted by molar-refractivity contribution is 9.10. The molecule has 0 radical (unpaired) electrons. The van der Waals surface area contributed by atoms with Crippen molar-refractivity contribution in [3.8, 4) is 22.9 Å². The topological polar surface area (TPSA) is 76.2 Å². The summed E-state index contributed by atoms with van der Waals surface area (Å²) in [6.45, 7) is 0. The fourth-order valence-electron chi connectivity index (χ4n) is 1.93. The first-order chi connectivity index (χ1) is 10.2. The van der Waals surface area contributed by atoms with E-state index in [0.29, 0.717) is 11.5 Å². The summed E-state index contributed by atoms with van der Waals surface area (Å²) in [7, 11) is 0. The van der Waals surface area contributed by atoms with Gasteiger partial charge in [-0.2, -0.15) is 0 Å². The number of halogens is 1. The van der Waals surface area contributed by atoms with Gasteiger partial charge in [-0.15, -0.1) is 10.2 Å². The van der Waals surface area contributed by atoms with E-state index in [4.69, 9.17) is 4.42 Å². The van der Waals surface area contributed by atoms with Crippen molar-refractivity contribution in [3.63, 3.8) is 0 Å². The van der Waals surface area contributed by atoms with Crippen molar-refractivity contribution in [1.82, 2.24) is 10.2 Å². The van der Waals surface area contributed by atoms with E-state index in [1.807, 2.05) is 24.3 Å². The predicted molar refractivity (Wildman–Crippen MR) is 79.8 cm³/mol. The van der Waals surface area contributed by atoms with Crippen LogP contribution in [0.3, 0.4) is 0 Å². The van der Waals surface area contributed by atoms with Crippen LogP contribution >= 0.6 is 15.9 Å². The highest BCUT2D eigenvalue weighted by atomic mass is 79.9. The maximum absolute atomic E-state index is 11.2. The number of carboxylic acids is 1. The lowest BCUT2D eigenvalue weighted by molar-refractivity contribution is 0.0697. The Balaban J connectivity index is 2.08. The number of rotatable bonds is 3. The molecular weight excluding hydrogens is 336 g/mol. The second-order valence-electron chi connectivity index (χ2n) is 4.24. The number of hydrogen-bond donors (Lipinski definition) is 1. The monoisotopic (exact) mass is 344 g/mol. The Bertz CT molecular complexity index is 814. The molecule has 0 unspecified atom stereocenters. The summed E-state index contributed by atoms with van der Waals surface area (Å²) in [6, 6.07) is 14.0. The van der Waals surface area contributed by atoms with Gasteiger partial charge in [0.25, 0.3) is 0 Å². The molecule has 21 heavy (non-hydrogen) atoms. The summed E-state index contributed by atoms with van der Waals surface area (Å²) in [5.41, 5.74) is 1.28. The van der Waals surface area contributed by atoms with E-state index < -0.39 is 5.97 Å². The molecule has 3 aromatic rings. The Labute approximate surface area is 128 Å². The van der Waals surface area contributed by atoms with Gasteiger partial charge in [0.2, 0.25) is 11.8 Å². The van der Waals surface area contributed by atoms with E-state index in [1.165, 1.54) is 6.07 Å². The van der Waals surface area contributed by atoms with Crippen molar-refractivity contribution in [3.05, 3.63) is 58.6 Å². The molecule has 0 amide bonds. The molecule has 0 spiro atoms. The molecule has 0 aliphatic carbocycles. The molecule has 0 saturated carbocycles. The Morgan fingerprint density at radius 3 is 2.19 bits per heavy atom. The molecule has 1 N–H and O–H groups in total. The highest BCUT2D eigenvalue weighted by Crippen LogP contribution is 2.30.